The van der Waals surface area contributed by atoms with E-state index in [2.05, 4.69) is 18.3 Å². The molecule has 0 saturated heterocycles. The van der Waals surface area contributed by atoms with Crippen LogP contribution in [0, 0.1) is 0 Å². The molecule has 2 heterocycles. The van der Waals surface area contributed by atoms with Gasteiger partial charge in [0.25, 0.3) is 11.8 Å². The molecule has 0 saturated carbocycles. The maximum absolute atomic E-state index is 13.1. The van der Waals surface area contributed by atoms with E-state index in [-0.39, 0.29) is 17.9 Å². The van der Waals surface area contributed by atoms with Gasteiger partial charge in [-0.1, -0.05) is 30.3 Å². The molecule has 1 aliphatic rings. The van der Waals surface area contributed by atoms with Gasteiger partial charge < -0.3 is 10.2 Å². The summed E-state index contributed by atoms with van der Waals surface area (Å²) < 4.78 is 0. The Labute approximate surface area is 156 Å². The molecule has 2 amide bonds. The van der Waals surface area contributed by atoms with E-state index in [0.717, 1.165) is 12.1 Å². The molecule has 1 aromatic heterocycles. The van der Waals surface area contributed by atoms with Gasteiger partial charge in [0.1, 0.15) is 0 Å². The van der Waals surface area contributed by atoms with E-state index in [9.17, 15) is 9.59 Å². The normalized spacial score (nSPS) is 15.6. The fraction of sp³-hybridized carbons (Fsp3) is 0.143. The first kappa shape index (κ1) is 16.5. The van der Waals surface area contributed by atoms with E-state index < -0.39 is 0 Å². The fourth-order valence-electron chi connectivity index (χ4n) is 3.34. The second kappa shape index (κ2) is 6.77. The van der Waals surface area contributed by atoms with E-state index in [1.807, 2.05) is 34.5 Å². The number of thiophene rings is 1. The Morgan fingerprint density at radius 3 is 2.73 bits per heavy atom. The number of hydrogen-bond acceptors (Lipinski definition) is 3. The molecule has 4 rings (SSSR count). The van der Waals surface area contributed by atoms with Crippen molar-refractivity contribution in [3.05, 3.63) is 82.0 Å². The molecule has 26 heavy (non-hydrogen) atoms. The maximum atomic E-state index is 13.1. The third kappa shape index (κ3) is 3.02. The standard InChI is InChI=1S/C21H18N2O2S/c1-14-12-15-6-2-3-9-18(15)23(14)21(25)16-7-4-8-17(13-16)22-20(24)19-10-5-11-26-19/h2-11,13-14H,12H2,1H3,(H,22,24). The lowest BCUT2D eigenvalue weighted by atomic mass is 10.1. The molecule has 1 N–H and O–H groups in total. The van der Waals surface area contributed by atoms with E-state index in [1.54, 1.807) is 30.3 Å². The Hall–Kier alpha value is -2.92. The summed E-state index contributed by atoms with van der Waals surface area (Å²) in [6.07, 6.45) is 0.858. The van der Waals surface area contributed by atoms with Crippen LogP contribution in [-0.4, -0.2) is 17.9 Å². The molecule has 0 fully saturated rings. The largest absolute Gasteiger partial charge is 0.321 e. The van der Waals surface area contributed by atoms with Gasteiger partial charge in [-0.3, -0.25) is 9.59 Å². The van der Waals surface area contributed by atoms with Gasteiger partial charge in [-0.15, -0.1) is 11.3 Å². The molecule has 0 spiro atoms. The Morgan fingerprint density at radius 1 is 1.08 bits per heavy atom. The van der Waals surface area contributed by atoms with Crippen LogP contribution < -0.4 is 10.2 Å². The molecule has 1 aliphatic heterocycles. The van der Waals surface area contributed by atoms with Crippen molar-refractivity contribution in [2.24, 2.45) is 0 Å². The zero-order valence-corrected chi connectivity index (χ0v) is 15.1. The minimum atomic E-state index is -0.163. The van der Waals surface area contributed by atoms with Crippen LogP contribution in [0.2, 0.25) is 0 Å². The number of fused-ring (bicyclic) bond motifs is 1. The maximum Gasteiger partial charge on any atom is 0.265 e. The van der Waals surface area contributed by atoms with Crippen molar-refractivity contribution in [3.8, 4) is 0 Å². The summed E-state index contributed by atoms with van der Waals surface area (Å²) >= 11 is 1.39. The van der Waals surface area contributed by atoms with Crippen molar-refractivity contribution in [2.75, 3.05) is 10.2 Å². The number of amides is 2. The average Bonchev–Trinajstić information content (AvgIpc) is 3.28. The zero-order valence-electron chi connectivity index (χ0n) is 14.3. The Kier molecular flexibility index (Phi) is 4.31. The predicted octanol–water partition coefficient (Wildman–Crippen LogP) is 4.59. The van der Waals surface area contributed by atoms with Gasteiger partial charge in [0.05, 0.1) is 4.88 Å². The van der Waals surface area contributed by atoms with Crippen molar-refractivity contribution < 1.29 is 9.59 Å². The van der Waals surface area contributed by atoms with Crippen molar-refractivity contribution in [3.63, 3.8) is 0 Å². The number of nitrogens with zero attached hydrogens (tertiary/aromatic N) is 1. The predicted molar refractivity (Wildman–Crippen MR) is 105 cm³/mol. The molecule has 3 aromatic rings. The molecule has 1 unspecified atom stereocenters. The second-order valence-corrected chi connectivity index (χ2v) is 7.32. The van der Waals surface area contributed by atoms with Crippen molar-refractivity contribution in [1.29, 1.82) is 0 Å². The topological polar surface area (TPSA) is 49.4 Å². The molecule has 130 valence electrons. The zero-order chi connectivity index (χ0) is 18.1. The van der Waals surface area contributed by atoms with Crippen molar-refractivity contribution >= 4 is 34.5 Å². The summed E-state index contributed by atoms with van der Waals surface area (Å²) in [5, 5.41) is 4.72. The van der Waals surface area contributed by atoms with Crippen LogP contribution in [0.25, 0.3) is 0 Å². The lowest BCUT2D eigenvalue weighted by Gasteiger charge is -2.23. The number of nitrogens with one attached hydrogen (secondary N) is 1. The van der Waals surface area contributed by atoms with Gasteiger partial charge in [-0.25, -0.2) is 0 Å². The molecule has 5 heteroatoms. The number of benzene rings is 2. The molecular formula is C21H18N2O2S. The molecule has 1 atom stereocenters. The third-order valence-corrected chi connectivity index (χ3v) is 5.41. The van der Waals surface area contributed by atoms with Gasteiger partial charge in [-0.05, 0) is 54.6 Å². The first-order chi connectivity index (χ1) is 12.6. The highest BCUT2D eigenvalue weighted by Gasteiger charge is 2.31. The van der Waals surface area contributed by atoms with Crippen LogP contribution in [0.5, 0.6) is 0 Å². The fourth-order valence-corrected chi connectivity index (χ4v) is 3.96. The lowest BCUT2D eigenvalue weighted by molar-refractivity contribution is 0.0979. The third-order valence-electron chi connectivity index (χ3n) is 4.54. The van der Waals surface area contributed by atoms with Crippen LogP contribution in [0.4, 0.5) is 11.4 Å². The highest BCUT2D eigenvalue weighted by atomic mass is 32.1. The molecule has 0 bridgehead atoms. The number of carbonyl (C=O) groups is 2. The van der Waals surface area contributed by atoms with Crippen LogP contribution in [0.1, 0.15) is 32.5 Å². The summed E-state index contributed by atoms with van der Waals surface area (Å²) in [7, 11) is 0. The SMILES string of the molecule is CC1Cc2ccccc2N1C(=O)c1cccc(NC(=O)c2cccs2)c1. The second-order valence-electron chi connectivity index (χ2n) is 6.37. The van der Waals surface area contributed by atoms with E-state index in [4.69, 9.17) is 0 Å². The average molecular weight is 362 g/mol. The van der Waals surface area contributed by atoms with Crippen LogP contribution in [0.3, 0.4) is 0 Å². The quantitative estimate of drug-likeness (QED) is 0.741. The van der Waals surface area contributed by atoms with Crippen LogP contribution in [-0.2, 0) is 6.42 Å². The van der Waals surface area contributed by atoms with Gasteiger partial charge in [0.15, 0.2) is 0 Å². The first-order valence-corrected chi connectivity index (χ1v) is 9.38. The summed E-state index contributed by atoms with van der Waals surface area (Å²) in [6.45, 7) is 2.06. The van der Waals surface area contributed by atoms with Crippen LogP contribution in [0.15, 0.2) is 66.0 Å². The van der Waals surface area contributed by atoms with Gasteiger partial charge in [0.2, 0.25) is 0 Å². The highest BCUT2D eigenvalue weighted by Crippen LogP contribution is 2.33. The van der Waals surface area contributed by atoms with Gasteiger partial charge in [0, 0.05) is 23.0 Å². The molecule has 4 nitrogen and oxygen atoms in total. The Balaban J connectivity index is 1.59. The van der Waals surface area contributed by atoms with Crippen molar-refractivity contribution in [1.82, 2.24) is 0 Å². The molecule has 0 radical (unpaired) electrons. The Morgan fingerprint density at radius 2 is 1.92 bits per heavy atom. The number of anilines is 2. The Bertz CT molecular complexity index is 966. The van der Waals surface area contributed by atoms with E-state index in [0.29, 0.717) is 16.1 Å². The minimum Gasteiger partial charge on any atom is -0.321 e. The minimum absolute atomic E-state index is 0.0466. The molecule has 2 aromatic carbocycles. The summed E-state index contributed by atoms with van der Waals surface area (Å²) in [6, 6.07) is 18.9. The number of carbonyl (C=O) groups excluding carboxylic acids is 2. The molecule has 0 aliphatic carbocycles. The summed E-state index contributed by atoms with van der Waals surface area (Å²) in [4.78, 5) is 27.8. The lowest BCUT2D eigenvalue weighted by Crippen LogP contribution is -2.35. The molecular weight excluding hydrogens is 344 g/mol. The van der Waals surface area contributed by atoms with E-state index in [1.165, 1.54) is 16.9 Å². The van der Waals surface area contributed by atoms with Crippen molar-refractivity contribution in [2.45, 2.75) is 19.4 Å². The summed E-state index contributed by atoms with van der Waals surface area (Å²) in [5.74, 6) is -0.209. The highest BCUT2D eigenvalue weighted by molar-refractivity contribution is 7.12. The van der Waals surface area contributed by atoms with Gasteiger partial charge >= 0.3 is 0 Å². The summed E-state index contributed by atoms with van der Waals surface area (Å²) in [5.41, 5.74) is 3.35. The van der Waals surface area contributed by atoms with Crippen LogP contribution >= 0.6 is 11.3 Å². The first-order valence-electron chi connectivity index (χ1n) is 8.50. The van der Waals surface area contributed by atoms with E-state index >= 15 is 0 Å². The monoisotopic (exact) mass is 362 g/mol. The van der Waals surface area contributed by atoms with Gasteiger partial charge in [-0.2, -0.15) is 0 Å². The number of para-hydroxylation sites is 1. The number of rotatable bonds is 3. The smallest absolute Gasteiger partial charge is 0.265 e. The number of hydrogen-bond donors (Lipinski definition) is 1.